The van der Waals surface area contributed by atoms with Crippen molar-refractivity contribution in [2.75, 3.05) is 0 Å². The Morgan fingerprint density at radius 1 is 1.82 bits per heavy atom. The molecule has 4 heteroatoms. The molecule has 11 heavy (non-hydrogen) atoms. The van der Waals surface area contributed by atoms with E-state index >= 15 is 0 Å². The van der Waals surface area contributed by atoms with E-state index in [1.165, 1.54) is 0 Å². The van der Waals surface area contributed by atoms with E-state index in [2.05, 4.69) is 4.89 Å². The molecule has 4 nitrogen and oxygen atoms in total. The van der Waals surface area contributed by atoms with E-state index in [1.54, 1.807) is 18.2 Å². The summed E-state index contributed by atoms with van der Waals surface area (Å²) in [6.07, 6.45) is 5.60. The standard InChI is InChI=1S/C7H9NO3/c8-6-3-1-2-5(4-6)7(9)11-10/h1-2,4,6,10H,3,8H2. The van der Waals surface area contributed by atoms with Crippen molar-refractivity contribution < 1.29 is 14.9 Å². The summed E-state index contributed by atoms with van der Waals surface area (Å²) in [7, 11) is 0. The number of nitrogens with two attached hydrogens (primary N) is 1. The zero-order valence-electron chi connectivity index (χ0n) is 5.86. The molecular formula is C7H9NO3. The third-order valence-corrected chi connectivity index (χ3v) is 1.42. The van der Waals surface area contributed by atoms with Gasteiger partial charge < -0.3 is 5.73 Å². The number of carbonyl (C=O) groups is 1. The van der Waals surface area contributed by atoms with Crippen LogP contribution in [0.1, 0.15) is 6.42 Å². The van der Waals surface area contributed by atoms with Crippen LogP contribution in [0.3, 0.4) is 0 Å². The van der Waals surface area contributed by atoms with Gasteiger partial charge in [-0.3, -0.25) is 4.89 Å². The first kappa shape index (κ1) is 7.97. The Bertz CT molecular complexity index is 220. The maximum Gasteiger partial charge on any atom is 0.372 e. The van der Waals surface area contributed by atoms with Gasteiger partial charge in [-0.15, -0.1) is 0 Å². The first-order valence-electron chi connectivity index (χ1n) is 3.23. The molecule has 0 bridgehead atoms. The minimum atomic E-state index is -0.767. The molecule has 0 heterocycles. The normalized spacial score (nSPS) is 22.7. The summed E-state index contributed by atoms with van der Waals surface area (Å²) in [6.45, 7) is 0. The van der Waals surface area contributed by atoms with Gasteiger partial charge in [-0.05, 0) is 6.42 Å². The number of hydrogen-bond donors (Lipinski definition) is 2. The first-order valence-corrected chi connectivity index (χ1v) is 3.23. The number of hydrogen-bond acceptors (Lipinski definition) is 4. The molecule has 0 spiro atoms. The lowest BCUT2D eigenvalue weighted by Gasteiger charge is -2.08. The Morgan fingerprint density at radius 3 is 3.09 bits per heavy atom. The lowest BCUT2D eigenvalue weighted by atomic mass is 10.0. The molecule has 0 fully saturated rings. The fourth-order valence-electron chi connectivity index (χ4n) is 0.895. The minimum absolute atomic E-state index is 0.158. The Labute approximate surface area is 63.9 Å². The van der Waals surface area contributed by atoms with E-state index < -0.39 is 5.97 Å². The highest BCUT2D eigenvalue weighted by molar-refractivity contribution is 5.91. The molecular weight excluding hydrogens is 146 g/mol. The van der Waals surface area contributed by atoms with Crippen molar-refractivity contribution in [3.05, 3.63) is 23.8 Å². The van der Waals surface area contributed by atoms with E-state index in [4.69, 9.17) is 11.0 Å². The predicted molar refractivity (Wildman–Crippen MR) is 38.5 cm³/mol. The van der Waals surface area contributed by atoms with Crippen molar-refractivity contribution in [3.63, 3.8) is 0 Å². The van der Waals surface area contributed by atoms with Crippen molar-refractivity contribution in [2.45, 2.75) is 12.5 Å². The zero-order valence-corrected chi connectivity index (χ0v) is 5.86. The minimum Gasteiger partial charge on any atom is -0.324 e. The van der Waals surface area contributed by atoms with Gasteiger partial charge >= 0.3 is 5.97 Å². The summed E-state index contributed by atoms with van der Waals surface area (Å²) < 4.78 is 0. The third-order valence-electron chi connectivity index (χ3n) is 1.42. The van der Waals surface area contributed by atoms with Crippen LogP contribution in [0.15, 0.2) is 23.8 Å². The van der Waals surface area contributed by atoms with Crippen LogP contribution >= 0.6 is 0 Å². The molecule has 1 aliphatic rings. The van der Waals surface area contributed by atoms with E-state index in [-0.39, 0.29) is 6.04 Å². The number of rotatable bonds is 1. The highest BCUT2D eigenvalue weighted by Crippen LogP contribution is 2.09. The Balaban J connectivity index is 2.71. The zero-order chi connectivity index (χ0) is 8.27. The van der Waals surface area contributed by atoms with Crippen LogP contribution in [-0.4, -0.2) is 17.3 Å². The second-order valence-electron chi connectivity index (χ2n) is 2.30. The molecule has 0 saturated heterocycles. The summed E-state index contributed by atoms with van der Waals surface area (Å²) >= 11 is 0. The molecule has 0 radical (unpaired) electrons. The molecule has 0 saturated carbocycles. The SMILES string of the molecule is NC1C=C(C(=O)OO)C=CC1. The largest absolute Gasteiger partial charge is 0.372 e. The van der Waals surface area contributed by atoms with E-state index in [9.17, 15) is 4.79 Å². The van der Waals surface area contributed by atoms with E-state index in [1.807, 2.05) is 0 Å². The molecule has 0 aliphatic heterocycles. The van der Waals surface area contributed by atoms with Gasteiger partial charge in [-0.2, -0.15) is 5.26 Å². The second-order valence-corrected chi connectivity index (χ2v) is 2.30. The summed E-state index contributed by atoms with van der Waals surface area (Å²) in [6, 6.07) is -0.158. The fraction of sp³-hybridized carbons (Fsp3) is 0.286. The summed E-state index contributed by atoms with van der Waals surface area (Å²) in [5.74, 6) is -0.767. The molecule has 1 atom stereocenters. The van der Waals surface area contributed by atoms with Crippen molar-refractivity contribution in [1.82, 2.24) is 0 Å². The van der Waals surface area contributed by atoms with E-state index in [0.717, 1.165) is 0 Å². The van der Waals surface area contributed by atoms with Crippen LogP contribution < -0.4 is 5.73 Å². The van der Waals surface area contributed by atoms with Crippen LogP contribution in [0.25, 0.3) is 0 Å². The molecule has 0 aromatic carbocycles. The molecule has 1 unspecified atom stereocenters. The van der Waals surface area contributed by atoms with Gasteiger partial charge in [0.25, 0.3) is 0 Å². The smallest absolute Gasteiger partial charge is 0.324 e. The van der Waals surface area contributed by atoms with Crippen LogP contribution in [0.5, 0.6) is 0 Å². The second kappa shape index (κ2) is 3.32. The monoisotopic (exact) mass is 155 g/mol. The van der Waals surface area contributed by atoms with Gasteiger partial charge in [-0.1, -0.05) is 18.2 Å². The Hall–Kier alpha value is -1.13. The van der Waals surface area contributed by atoms with Crippen molar-refractivity contribution in [3.8, 4) is 0 Å². The first-order chi connectivity index (χ1) is 5.24. The van der Waals surface area contributed by atoms with Gasteiger partial charge in [0.2, 0.25) is 0 Å². The van der Waals surface area contributed by atoms with Crippen molar-refractivity contribution in [2.24, 2.45) is 5.73 Å². The molecule has 1 rings (SSSR count). The lowest BCUT2D eigenvalue weighted by molar-refractivity contribution is -0.229. The maximum absolute atomic E-state index is 10.7. The highest BCUT2D eigenvalue weighted by Gasteiger charge is 2.12. The molecule has 1 aliphatic carbocycles. The third kappa shape index (κ3) is 1.89. The Morgan fingerprint density at radius 2 is 2.55 bits per heavy atom. The van der Waals surface area contributed by atoms with Gasteiger partial charge in [-0.25, -0.2) is 4.79 Å². The van der Waals surface area contributed by atoms with Crippen LogP contribution in [0, 0.1) is 0 Å². The maximum atomic E-state index is 10.7. The van der Waals surface area contributed by atoms with Crippen molar-refractivity contribution in [1.29, 1.82) is 0 Å². The molecule has 0 aromatic rings. The van der Waals surface area contributed by atoms with Gasteiger partial charge in [0.15, 0.2) is 0 Å². The summed E-state index contributed by atoms with van der Waals surface area (Å²) in [4.78, 5) is 14.2. The molecule has 60 valence electrons. The lowest BCUT2D eigenvalue weighted by Crippen LogP contribution is -2.20. The summed E-state index contributed by atoms with van der Waals surface area (Å²) in [5.41, 5.74) is 5.80. The van der Waals surface area contributed by atoms with Gasteiger partial charge in [0.05, 0.1) is 5.57 Å². The predicted octanol–water partition coefficient (Wildman–Crippen LogP) is 0.216. The average molecular weight is 155 g/mol. The molecule has 3 N–H and O–H groups in total. The van der Waals surface area contributed by atoms with Crippen LogP contribution in [0.4, 0.5) is 0 Å². The van der Waals surface area contributed by atoms with Gasteiger partial charge in [0.1, 0.15) is 0 Å². The Kier molecular flexibility index (Phi) is 2.40. The average Bonchev–Trinajstić information content (AvgIpc) is 2.03. The van der Waals surface area contributed by atoms with Gasteiger partial charge in [0, 0.05) is 6.04 Å². The molecule has 0 amide bonds. The van der Waals surface area contributed by atoms with Crippen LogP contribution in [0.2, 0.25) is 0 Å². The molecule has 0 aromatic heterocycles. The van der Waals surface area contributed by atoms with Crippen molar-refractivity contribution >= 4 is 5.97 Å². The summed E-state index contributed by atoms with van der Waals surface area (Å²) in [5, 5.41) is 8.01. The van der Waals surface area contributed by atoms with Crippen LogP contribution in [-0.2, 0) is 9.68 Å². The fourth-order valence-corrected chi connectivity index (χ4v) is 0.895. The highest BCUT2D eigenvalue weighted by atomic mass is 17.1. The number of carbonyl (C=O) groups excluding carboxylic acids is 1. The van der Waals surface area contributed by atoms with E-state index in [0.29, 0.717) is 12.0 Å². The topological polar surface area (TPSA) is 72.6 Å². The quantitative estimate of drug-likeness (QED) is 0.419.